The van der Waals surface area contributed by atoms with Crippen LogP contribution in [0.25, 0.3) is 0 Å². The van der Waals surface area contributed by atoms with Crippen LogP contribution in [0.2, 0.25) is 0 Å². The van der Waals surface area contributed by atoms with Crippen LogP contribution in [-0.4, -0.2) is 32.1 Å². The Morgan fingerprint density at radius 2 is 2.12 bits per heavy atom. The third-order valence-electron chi connectivity index (χ3n) is 4.87. The standard InChI is InChI=1S/C19H20N6/c1-13-3-2-4-15(9-13)24-11-18-20-7-8-25(18)19(12-24)21-17-10-16(22-23-17)14-5-6-14/h2-4,7-10,14H,5-6,11-12H2,1H3,(H,22,23). The normalized spacial score (nSPS) is 18.6. The first-order valence-corrected chi connectivity index (χ1v) is 8.73. The predicted molar refractivity (Wildman–Crippen MR) is 97.5 cm³/mol. The third-order valence-corrected chi connectivity index (χ3v) is 4.87. The molecule has 0 radical (unpaired) electrons. The number of nitrogens with one attached hydrogen (secondary N) is 1. The number of H-pyrrole nitrogens is 1. The SMILES string of the molecule is Cc1cccc(N2CC(=Nc3cc(C4CC4)[nH]n3)n3ccnc3C2)c1. The second-order valence-electron chi connectivity index (χ2n) is 6.89. The molecule has 5 rings (SSSR count). The number of aromatic nitrogens is 4. The number of benzene rings is 1. The third kappa shape index (κ3) is 2.73. The monoisotopic (exact) mass is 332 g/mol. The summed E-state index contributed by atoms with van der Waals surface area (Å²) in [7, 11) is 0. The number of imidazole rings is 1. The zero-order chi connectivity index (χ0) is 16.8. The van der Waals surface area contributed by atoms with Gasteiger partial charge in [-0.1, -0.05) is 12.1 Å². The van der Waals surface area contributed by atoms with Crippen LogP contribution in [-0.2, 0) is 6.54 Å². The lowest BCUT2D eigenvalue weighted by molar-refractivity contribution is 0.753. The van der Waals surface area contributed by atoms with Crippen molar-refractivity contribution in [3.63, 3.8) is 0 Å². The summed E-state index contributed by atoms with van der Waals surface area (Å²) in [4.78, 5) is 11.6. The number of aliphatic imine (C=N–C) groups is 1. The summed E-state index contributed by atoms with van der Waals surface area (Å²) in [5.41, 5.74) is 3.66. The topological polar surface area (TPSA) is 62.1 Å². The van der Waals surface area contributed by atoms with Gasteiger partial charge in [-0.05, 0) is 37.5 Å². The van der Waals surface area contributed by atoms with Gasteiger partial charge in [0, 0.05) is 35.8 Å². The van der Waals surface area contributed by atoms with Crippen LogP contribution >= 0.6 is 0 Å². The van der Waals surface area contributed by atoms with E-state index in [1.54, 1.807) is 0 Å². The molecule has 1 fully saturated rings. The van der Waals surface area contributed by atoms with Gasteiger partial charge in [0.05, 0.1) is 13.1 Å². The van der Waals surface area contributed by atoms with Crippen molar-refractivity contribution >= 4 is 17.3 Å². The highest BCUT2D eigenvalue weighted by molar-refractivity contribution is 5.92. The van der Waals surface area contributed by atoms with Crippen LogP contribution in [0.4, 0.5) is 11.5 Å². The zero-order valence-electron chi connectivity index (χ0n) is 14.2. The van der Waals surface area contributed by atoms with Gasteiger partial charge in [-0.25, -0.2) is 9.98 Å². The van der Waals surface area contributed by atoms with Crippen molar-refractivity contribution in [2.45, 2.75) is 32.2 Å². The summed E-state index contributed by atoms with van der Waals surface area (Å²) in [6.07, 6.45) is 6.33. The molecule has 1 saturated carbocycles. The van der Waals surface area contributed by atoms with E-state index in [0.717, 1.165) is 30.6 Å². The van der Waals surface area contributed by atoms with Crippen molar-refractivity contribution in [2.24, 2.45) is 4.99 Å². The van der Waals surface area contributed by atoms with Crippen molar-refractivity contribution in [3.8, 4) is 0 Å². The van der Waals surface area contributed by atoms with Gasteiger partial charge < -0.3 is 4.90 Å². The summed E-state index contributed by atoms with van der Waals surface area (Å²) in [6, 6.07) is 10.6. The highest BCUT2D eigenvalue weighted by Gasteiger charge is 2.26. The van der Waals surface area contributed by atoms with Crippen molar-refractivity contribution in [2.75, 3.05) is 11.4 Å². The first-order valence-electron chi connectivity index (χ1n) is 8.73. The summed E-state index contributed by atoms with van der Waals surface area (Å²) in [6.45, 7) is 3.63. The quantitative estimate of drug-likeness (QED) is 0.800. The zero-order valence-corrected chi connectivity index (χ0v) is 14.2. The minimum absolute atomic E-state index is 0.653. The lowest BCUT2D eigenvalue weighted by Crippen LogP contribution is -2.39. The molecule has 0 amide bonds. The van der Waals surface area contributed by atoms with Gasteiger partial charge in [-0.15, -0.1) is 0 Å². The second-order valence-corrected chi connectivity index (χ2v) is 6.89. The Hall–Kier alpha value is -2.89. The van der Waals surface area contributed by atoms with Gasteiger partial charge in [0.1, 0.15) is 11.7 Å². The van der Waals surface area contributed by atoms with Crippen molar-refractivity contribution < 1.29 is 0 Å². The number of hydrogen-bond donors (Lipinski definition) is 1. The molecule has 3 aromatic rings. The summed E-state index contributed by atoms with van der Waals surface area (Å²) >= 11 is 0. The second kappa shape index (κ2) is 5.58. The fourth-order valence-electron chi connectivity index (χ4n) is 3.37. The van der Waals surface area contributed by atoms with E-state index >= 15 is 0 Å². The lowest BCUT2D eigenvalue weighted by atomic mass is 10.2. The van der Waals surface area contributed by atoms with E-state index in [-0.39, 0.29) is 0 Å². The molecule has 126 valence electrons. The maximum absolute atomic E-state index is 4.82. The Bertz CT molecular complexity index is 946. The van der Waals surface area contributed by atoms with E-state index in [4.69, 9.17) is 4.99 Å². The number of aryl methyl sites for hydroxylation is 1. The van der Waals surface area contributed by atoms with E-state index < -0.39 is 0 Å². The van der Waals surface area contributed by atoms with Gasteiger partial charge >= 0.3 is 0 Å². The van der Waals surface area contributed by atoms with Gasteiger partial charge in [0.25, 0.3) is 0 Å². The molecule has 1 aliphatic carbocycles. The Labute approximate surface area is 146 Å². The first kappa shape index (κ1) is 14.5. The fourth-order valence-corrected chi connectivity index (χ4v) is 3.37. The van der Waals surface area contributed by atoms with Gasteiger partial charge in [-0.3, -0.25) is 9.67 Å². The number of aromatic amines is 1. The van der Waals surface area contributed by atoms with E-state index in [9.17, 15) is 0 Å². The molecule has 0 bridgehead atoms. The molecule has 6 heteroatoms. The molecule has 3 heterocycles. The minimum Gasteiger partial charge on any atom is -0.357 e. The summed E-state index contributed by atoms with van der Waals surface area (Å²) in [5, 5.41) is 7.51. The molecule has 25 heavy (non-hydrogen) atoms. The lowest BCUT2D eigenvalue weighted by Gasteiger charge is -2.30. The molecular weight excluding hydrogens is 312 g/mol. The van der Waals surface area contributed by atoms with Crippen LogP contribution in [0.5, 0.6) is 0 Å². The first-order chi connectivity index (χ1) is 12.3. The van der Waals surface area contributed by atoms with Crippen molar-refractivity contribution in [1.29, 1.82) is 0 Å². The molecule has 2 aromatic heterocycles. The summed E-state index contributed by atoms with van der Waals surface area (Å²) in [5.74, 6) is 3.36. The smallest absolute Gasteiger partial charge is 0.175 e. The molecule has 1 aliphatic heterocycles. The van der Waals surface area contributed by atoms with Gasteiger partial charge in [0.15, 0.2) is 5.82 Å². The summed E-state index contributed by atoms with van der Waals surface area (Å²) < 4.78 is 2.08. The molecule has 0 spiro atoms. The molecule has 1 aromatic carbocycles. The molecule has 0 atom stereocenters. The number of fused-ring (bicyclic) bond motifs is 1. The molecular formula is C19H20N6. The molecule has 6 nitrogen and oxygen atoms in total. The van der Waals surface area contributed by atoms with Gasteiger partial charge in [-0.2, -0.15) is 5.10 Å². The van der Waals surface area contributed by atoms with Crippen LogP contribution in [0.15, 0.2) is 47.7 Å². The van der Waals surface area contributed by atoms with Crippen LogP contribution in [0.3, 0.4) is 0 Å². The number of nitrogens with zero attached hydrogens (tertiary/aromatic N) is 5. The number of hydrogen-bond acceptors (Lipinski definition) is 4. The van der Waals surface area contributed by atoms with Crippen LogP contribution in [0.1, 0.15) is 35.8 Å². The largest absolute Gasteiger partial charge is 0.357 e. The van der Waals surface area contributed by atoms with Crippen LogP contribution < -0.4 is 4.90 Å². The van der Waals surface area contributed by atoms with E-state index in [1.165, 1.54) is 29.8 Å². The molecule has 0 saturated heterocycles. The highest BCUT2D eigenvalue weighted by Crippen LogP contribution is 2.39. The van der Waals surface area contributed by atoms with Crippen molar-refractivity contribution in [1.82, 2.24) is 19.7 Å². The molecule has 1 N–H and O–H groups in total. The Balaban J connectivity index is 1.50. The average Bonchev–Trinajstić information content (AvgIpc) is 3.16. The maximum atomic E-state index is 4.82. The Kier molecular flexibility index (Phi) is 3.23. The van der Waals surface area contributed by atoms with E-state index in [0.29, 0.717) is 5.92 Å². The predicted octanol–water partition coefficient (Wildman–Crippen LogP) is 3.39. The highest BCUT2D eigenvalue weighted by atomic mass is 15.3. The van der Waals surface area contributed by atoms with Gasteiger partial charge in [0.2, 0.25) is 0 Å². The van der Waals surface area contributed by atoms with E-state index in [2.05, 4.69) is 61.9 Å². The fraction of sp³-hybridized carbons (Fsp3) is 0.316. The Morgan fingerprint density at radius 3 is 2.96 bits per heavy atom. The number of anilines is 1. The minimum atomic E-state index is 0.653. The maximum Gasteiger partial charge on any atom is 0.175 e. The number of rotatable bonds is 3. The average molecular weight is 332 g/mol. The molecule has 2 aliphatic rings. The molecule has 0 unspecified atom stereocenters. The van der Waals surface area contributed by atoms with E-state index in [1.807, 2.05) is 12.4 Å². The Morgan fingerprint density at radius 1 is 1.20 bits per heavy atom. The van der Waals surface area contributed by atoms with Crippen molar-refractivity contribution in [3.05, 3.63) is 59.8 Å². The van der Waals surface area contributed by atoms with Crippen LogP contribution in [0, 0.1) is 6.92 Å².